The van der Waals surface area contributed by atoms with Crippen molar-refractivity contribution < 1.29 is 28.7 Å². The Morgan fingerprint density at radius 3 is 2.47 bits per heavy atom. The summed E-state index contributed by atoms with van der Waals surface area (Å²) in [5, 5.41) is 9.18. The zero-order valence-corrected chi connectivity index (χ0v) is 9.73. The molecule has 0 aromatic heterocycles. The Kier molecular flexibility index (Phi) is 8.23. The predicted molar refractivity (Wildman–Crippen MR) is 54.3 cm³/mol. The summed E-state index contributed by atoms with van der Waals surface area (Å²) in [5.41, 5.74) is 0. The van der Waals surface area contributed by atoms with Crippen molar-refractivity contribution in [3.8, 4) is 0 Å². The fourth-order valence-corrected chi connectivity index (χ4v) is 1.27. The second kappa shape index (κ2) is 8.21. The lowest BCUT2D eigenvalue weighted by Gasteiger charge is -2.11. The van der Waals surface area contributed by atoms with Crippen molar-refractivity contribution in [2.45, 2.75) is 32.3 Å². The molecule has 0 aliphatic carbocycles. The van der Waals surface area contributed by atoms with Crippen molar-refractivity contribution in [2.24, 2.45) is 0 Å². The summed E-state index contributed by atoms with van der Waals surface area (Å²) in [5.74, 6) is 0. The molecule has 15 heavy (non-hydrogen) atoms. The molecule has 0 heterocycles. The van der Waals surface area contributed by atoms with Gasteiger partial charge in [0.05, 0.1) is 13.2 Å². The topological polar surface area (TPSA) is 96.2 Å². The quantitative estimate of drug-likeness (QED) is 0.406. The molecule has 0 rings (SSSR count). The second-order valence-corrected chi connectivity index (χ2v) is 4.46. The summed E-state index contributed by atoms with van der Waals surface area (Å²) in [6.07, 6.45) is 2.07. The Bertz CT molecular complexity index is 192. The number of hydrogen-bond donors (Lipinski definition) is 3. The van der Waals surface area contributed by atoms with E-state index in [0.717, 1.165) is 19.3 Å². The number of rotatable bonds is 9. The minimum absolute atomic E-state index is 0.0315. The second-order valence-electron chi connectivity index (χ2n) is 3.22. The number of unbranched alkanes of at least 4 members (excludes halogenated alkanes) is 2. The zero-order chi connectivity index (χ0) is 11.7. The Morgan fingerprint density at radius 1 is 1.27 bits per heavy atom. The van der Waals surface area contributed by atoms with Gasteiger partial charge in [-0.15, -0.1) is 0 Å². The van der Waals surface area contributed by atoms with E-state index in [1.807, 2.05) is 0 Å². The molecule has 0 saturated heterocycles. The van der Waals surface area contributed by atoms with E-state index < -0.39 is 20.5 Å². The van der Waals surface area contributed by atoms with Gasteiger partial charge in [0.15, 0.2) is 0 Å². The van der Waals surface area contributed by atoms with Gasteiger partial charge in [0.1, 0.15) is 6.10 Å². The van der Waals surface area contributed by atoms with Crippen LogP contribution >= 0.6 is 7.82 Å². The Hall–Kier alpha value is 0.0300. The third-order valence-electron chi connectivity index (χ3n) is 1.64. The molecule has 0 radical (unpaired) electrons. The first kappa shape index (κ1) is 15.0. The third kappa shape index (κ3) is 12.0. The van der Waals surface area contributed by atoms with E-state index in [1.165, 1.54) is 0 Å². The highest BCUT2D eigenvalue weighted by Gasteiger charge is 2.16. The van der Waals surface area contributed by atoms with Crippen LogP contribution in [-0.2, 0) is 13.8 Å². The highest BCUT2D eigenvalue weighted by molar-refractivity contribution is 7.46. The molecule has 7 heteroatoms. The average molecular weight is 242 g/mol. The van der Waals surface area contributed by atoms with Crippen molar-refractivity contribution in [3.63, 3.8) is 0 Å². The summed E-state index contributed by atoms with van der Waals surface area (Å²) in [6.45, 7) is 2.23. The monoisotopic (exact) mass is 242 g/mol. The summed E-state index contributed by atoms with van der Waals surface area (Å²) >= 11 is 0. The van der Waals surface area contributed by atoms with E-state index in [-0.39, 0.29) is 6.61 Å². The Balaban J connectivity index is 3.33. The van der Waals surface area contributed by atoms with E-state index in [0.29, 0.717) is 6.61 Å². The molecular formula is C8H19O6P. The lowest BCUT2D eigenvalue weighted by atomic mass is 10.3. The maximum atomic E-state index is 10.3. The first-order chi connectivity index (χ1) is 6.95. The lowest BCUT2D eigenvalue weighted by Crippen LogP contribution is -2.21. The van der Waals surface area contributed by atoms with Crippen LogP contribution in [0, 0.1) is 0 Å². The molecule has 0 fully saturated rings. The smallest absolute Gasteiger partial charge is 0.388 e. The van der Waals surface area contributed by atoms with Gasteiger partial charge in [-0.25, -0.2) is 4.57 Å². The molecular weight excluding hydrogens is 223 g/mol. The van der Waals surface area contributed by atoms with Gasteiger partial charge in [-0.1, -0.05) is 19.8 Å². The van der Waals surface area contributed by atoms with Crippen LogP contribution in [0.4, 0.5) is 0 Å². The molecule has 92 valence electrons. The molecule has 0 aromatic carbocycles. The number of hydrogen-bond acceptors (Lipinski definition) is 4. The van der Waals surface area contributed by atoms with Gasteiger partial charge in [0, 0.05) is 6.61 Å². The van der Waals surface area contributed by atoms with Crippen molar-refractivity contribution in [3.05, 3.63) is 0 Å². The van der Waals surface area contributed by atoms with Crippen LogP contribution in [-0.4, -0.2) is 40.8 Å². The fourth-order valence-electron chi connectivity index (χ4n) is 0.905. The number of aliphatic hydroxyl groups excluding tert-OH is 1. The van der Waals surface area contributed by atoms with Crippen molar-refractivity contribution in [1.29, 1.82) is 0 Å². The van der Waals surface area contributed by atoms with Crippen LogP contribution in [0.15, 0.2) is 0 Å². The van der Waals surface area contributed by atoms with E-state index >= 15 is 0 Å². The highest BCUT2D eigenvalue weighted by atomic mass is 31.2. The van der Waals surface area contributed by atoms with Gasteiger partial charge < -0.3 is 19.6 Å². The molecule has 0 aromatic rings. The predicted octanol–water partition coefficient (Wildman–Crippen LogP) is 0.663. The molecule has 6 nitrogen and oxygen atoms in total. The average Bonchev–Trinajstić information content (AvgIpc) is 2.13. The van der Waals surface area contributed by atoms with Gasteiger partial charge >= 0.3 is 7.82 Å². The minimum atomic E-state index is -4.48. The molecule has 0 bridgehead atoms. The standard InChI is InChI=1S/C8H19O6P/c1-2-3-4-5-13-6-8(9)7-14-15(10,11)12/h8-9H,2-7H2,1H3,(H2,10,11,12). The zero-order valence-electron chi connectivity index (χ0n) is 8.83. The molecule has 0 amide bonds. The normalized spacial score (nSPS) is 14.1. The highest BCUT2D eigenvalue weighted by Crippen LogP contribution is 2.35. The number of aliphatic hydroxyl groups is 1. The molecule has 3 N–H and O–H groups in total. The molecule has 1 atom stereocenters. The van der Waals surface area contributed by atoms with Crippen molar-refractivity contribution in [1.82, 2.24) is 0 Å². The Labute approximate surface area is 89.5 Å². The summed E-state index contributed by atoms with van der Waals surface area (Å²) in [7, 11) is -4.48. The van der Waals surface area contributed by atoms with Gasteiger partial charge in [0.2, 0.25) is 0 Å². The summed E-state index contributed by atoms with van der Waals surface area (Å²) in [4.78, 5) is 16.7. The van der Waals surface area contributed by atoms with E-state index in [4.69, 9.17) is 14.5 Å². The molecule has 0 aliphatic heterocycles. The van der Waals surface area contributed by atoms with E-state index in [1.54, 1.807) is 0 Å². The van der Waals surface area contributed by atoms with Gasteiger partial charge in [-0.05, 0) is 6.42 Å². The maximum Gasteiger partial charge on any atom is 0.469 e. The van der Waals surface area contributed by atoms with Crippen LogP contribution < -0.4 is 0 Å². The number of phosphoric ester groups is 1. The van der Waals surface area contributed by atoms with Crippen LogP contribution in [0.2, 0.25) is 0 Å². The summed E-state index contributed by atoms with van der Waals surface area (Å²) < 4.78 is 19.5. The van der Waals surface area contributed by atoms with Crippen LogP contribution in [0.25, 0.3) is 0 Å². The first-order valence-electron chi connectivity index (χ1n) is 4.91. The molecule has 0 saturated carbocycles. The van der Waals surface area contributed by atoms with E-state index in [2.05, 4.69) is 11.4 Å². The largest absolute Gasteiger partial charge is 0.469 e. The Morgan fingerprint density at radius 2 is 1.93 bits per heavy atom. The number of phosphoric acid groups is 1. The van der Waals surface area contributed by atoms with E-state index in [9.17, 15) is 9.67 Å². The number of ether oxygens (including phenoxy) is 1. The fraction of sp³-hybridized carbons (Fsp3) is 1.00. The van der Waals surface area contributed by atoms with Gasteiger partial charge in [-0.3, -0.25) is 4.52 Å². The third-order valence-corrected chi connectivity index (χ3v) is 2.12. The van der Waals surface area contributed by atoms with Crippen LogP contribution in [0.3, 0.4) is 0 Å². The lowest BCUT2D eigenvalue weighted by molar-refractivity contribution is 0.00483. The van der Waals surface area contributed by atoms with Crippen LogP contribution in [0.5, 0.6) is 0 Å². The molecule has 0 spiro atoms. The van der Waals surface area contributed by atoms with Crippen molar-refractivity contribution in [2.75, 3.05) is 19.8 Å². The SMILES string of the molecule is CCCCCOCC(O)COP(=O)(O)O. The van der Waals surface area contributed by atoms with Crippen LogP contribution in [0.1, 0.15) is 26.2 Å². The van der Waals surface area contributed by atoms with Gasteiger partial charge in [-0.2, -0.15) is 0 Å². The first-order valence-corrected chi connectivity index (χ1v) is 6.44. The van der Waals surface area contributed by atoms with Gasteiger partial charge in [0.25, 0.3) is 0 Å². The molecule has 0 aliphatic rings. The summed E-state index contributed by atoms with van der Waals surface area (Å²) in [6, 6.07) is 0. The van der Waals surface area contributed by atoms with Crippen molar-refractivity contribution >= 4 is 7.82 Å². The maximum absolute atomic E-state index is 10.3. The molecule has 1 unspecified atom stereocenters. The minimum Gasteiger partial charge on any atom is -0.388 e.